The third-order valence-corrected chi connectivity index (χ3v) is 7.94. The van der Waals surface area contributed by atoms with E-state index in [1.54, 1.807) is 32.0 Å². The maximum absolute atomic E-state index is 13.5. The lowest BCUT2D eigenvalue weighted by atomic mass is 9.98. The van der Waals surface area contributed by atoms with E-state index in [2.05, 4.69) is 15.5 Å². The molecular formula is C24H28N4O4S. The third-order valence-electron chi connectivity index (χ3n) is 5.93. The Morgan fingerprint density at radius 2 is 1.91 bits per heavy atom. The maximum atomic E-state index is 13.5. The molecule has 1 atom stereocenters. The Bertz CT molecular complexity index is 1250. The largest absolute Gasteiger partial charge is 0.352 e. The van der Waals surface area contributed by atoms with E-state index in [1.165, 1.54) is 4.31 Å². The first-order chi connectivity index (χ1) is 15.7. The molecule has 1 aromatic heterocycles. The van der Waals surface area contributed by atoms with Crippen LogP contribution in [0.15, 0.2) is 51.9 Å². The van der Waals surface area contributed by atoms with Gasteiger partial charge in [-0.15, -0.1) is 0 Å². The highest BCUT2D eigenvalue weighted by atomic mass is 32.2. The number of aryl methyl sites for hydroxylation is 3. The SMILES string of the molecule is Cc1ccc(CNC(=O)[C@H]2CCCN(S(=O)(=O)c3cc(-c4noc(C)n4)ccc3C)C2)cc1. The summed E-state index contributed by atoms with van der Waals surface area (Å²) in [6.45, 7) is 6.42. The van der Waals surface area contributed by atoms with Gasteiger partial charge in [-0.05, 0) is 43.9 Å². The van der Waals surface area contributed by atoms with Crippen molar-refractivity contribution in [2.24, 2.45) is 5.92 Å². The van der Waals surface area contributed by atoms with Gasteiger partial charge in [-0.3, -0.25) is 4.79 Å². The molecular weight excluding hydrogens is 440 g/mol. The summed E-state index contributed by atoms with van der Waals surface area (Å²) in [7, 11) is -3.79. The van der Waals surface area contributed by atoms with E-state index in [0.717, 1.165) is 11.1 Å². The Balaban J connectivity index is 1.49. The summed E-state index contributed by atoms with van der Waals surface area (Å²) >= 11 is 0. The number of hydrogen-bond acceptors (Lipinski definition) is 6. The molecule has 9 heteroatoms. The van der Waals surface area contributed by atoms with E-state index in [-0.39, 0.29) is 23.3 Å². The summed E-state index contributed by atoms with van der Waals surface area (Å²) in [5.74, 6) is 0.243. The van der Waals surface area contributed by atoms with E-state index in [4.69, 9.17) is 4.52 Å². The van der Waals surface area contributed by atoms with Gasteiger partial charge in [0, 0.05) is 32.1 Å². The summed E-state index contributed by atoms with van der Waals surface area (Å²) < 4.78 is 33.5. The van der Waals surface area contributed by atoms with Crippen LogP contribution in [0.2, 0.25) is 0 Å². The predicted octanol–water partition coefficient (Wildman–Crippen LogP) is 3.38. The Kier molecular flexibility index (Phi) is 6.62. The molecule has 1 aliphatic heterocycles. The van der Waals surface area contributed by atoms with Crippen molar-refractivity contribution in [3.63, 3.8) is 0 Å². The minimum absolute atomic E-state index is 0.122. The summed E-state index contributed by atoms with van der Waals surface area (Å²) in [6.07, 6.45) is 1.29. The van der Waals surface area contributed by atoms with Crippen molar-refractivity contribution < 1.29 is 17.7 Å². The summed E-state index contributed by atoms with van der Waals surface area (Å²) in [5, 5.41) is 6.85. The van der Waals surface area contributed by atoms with Crippen LogP contribution in [0.3, 0.4) is 0 Å². The molecule has 3 aromatic rings. The highest BCUT2D eigenvalue weighted by molar-refractivity contribution is 7.89. The number of hydrogen-bond donors (Lipinski definition) is 1. The van der Waals surface area contributed by atoms with Gasteiger partial charge in [-0.2, -0.15) is 9.29 Å². The van der Waals surface area contributed by atoms with E-state index < -0.39 is 10.0 Å². The van der Waals surface area contributed by atoms with Crippen molar-refractivity contribution in [3.8, 4) is 11.4 Å². The molecule has 8 nitrogen and oxygen atoms in total. The van der Waals surface area contributed by atoms with Crippen LogP contribution in [0.1, 0.15) is 35.4 Å². The fraction of sp³-hybridized carbons (Fsp3) is 0.375. The van der Waals surface area contributed by atoms with Gasteiger partial charge in [0.15, 0.2) is 0 Å². The van der Waals surface area contributed by atoms with Gasteiger partial charge < -0.3 is 9.84 Å². The Labute approximate surface area is 194 Å². The second-order valence-electron chi connectivity index (χ2n) is 8.52. The number of sulfonamides is 1. The molecule has 1 aliphatic rings. The molecule has 0 unspecified atom stereocenters. The molecule has 1 saturated heterocycles. The topological polar surface area (TPSA) is 105 Å². The van der Waals surface area contributed by atoms with Gasteiger partial charge >= 0.3 is 0 Å². The molecule has 0 bridgehead atoms. The molecule has 33 heavy (non-hydrogen) atoms. The van der Waals surface area contributed by atoms with Crippen molar-refractivity contribution in [1.29, 1.82) is 0 Å². The number of amides is 1. The van der Waals surface area contributed by atoms with Gasteiger partial charge in [0.25, 0.3) is 0 Å². The molecule has 1 N–H and O–H groups in total. The van der Waals surface area contributed by atoms with E-state index in [1.807, 2.05) is 31.2 Å². The number of aromatic nitrogens is 2. The molecule has 1 fully saturated rings. The molecule has 4 rings (SSSR count). The summed E-state index contributed by atoms with van der Waals surface area (Å²) in [4.78, 5) is 17.2. The fourth-order valence-corrected chi connectivity index (χ4v) is 5.76. The predicted molar refractivity (Wildman–Crippen MR) is 124 cm³/mol. The summed E-state index contributed by atoms with van der Waals surface area (Å²) in [5.41, 5.74) is 3.37. The van der Waals surface area contributed by atoms with Gasteiger partial charge in [-0.25, -0.2) is 8.42 Å². The molecule has 1 amide bonds. The van der Waals surface area contributed by atoms with E-state index >= 15 is 0 Å². The van der Waals surface area contributed by atoms with Crippen LogP contribution in [-0.4, -0.2) is 41.9 Å². The first kappa shape index (κ1) is 23.1. The molecule has 174 valence electrons. The molecule has 2 aromatic carbocycles. The van der Waals surface area contributed by atoms with Gasteiger partial charge in [0.1, 0.15) is 0 Å². The third kappa shape index (κ3) is 5.15. The van der Waals surface area contributed by atoms with Crippen LogP contribution >= 0.6 is 0 Å². The zero-order valence-corrected chi connectivity index (χ0v) is 19.9. The number of nitrogens with zero attached hydrogens (tertiary/aromatic N) is 3. The van der Waals surface area contributed by atoms with Gasteiger partial charge in [0.2, 0.25) is 27.6 Å². The zero-order chi connectivity index (χ0) is 23.6. The van der Waals surface area contributed by atoms with Crippen LogP contribution < -0.4 is 5.32 Å². The Hall–Kier alpha value is -3.04. The lowest BCUT2D eigenvalue weighted by Crippen LogP contribution is -2.45. The van der Waals surface area contributed by atoms with Crippen LogP contribution in [0.25, 0.3) is 11.4 Å². The van der Waals surface area contributed by atoms with Crippen molar-refractivity contribution >= 4 is 15.9 Å². The number of benzene rings is 2. The highest BCUT2D eigenvalue weighted by Gasteiger charge is 2.34. The second-order valence-corrected chi connectivity index (χ2v) is 10.4. The lowest BCUT2D eigenvalue weighted by Gasteiger charge is -2.31. The van der Waals surface area contributed by atoms with Crippen molar-refractivity contribution in [3.05, 3.63) is 65.0 Å². The van der Waals surface area contributed by atoms with E-state index in [9.17, 15) is 13.2 Å². The average Bonchev–Trinajstić information content (AvgIpc) is 3.25. The van der Waals surface area contributed by atoms with Gasteiger partial charge in [-0.1, -0.05) is 47.1 Å². The summed E-state index contributed by atoms with van der Waals surface area (Å²) in [6, 6.07) is 13.1. The van der Waals surface area contributed by atoms with Crippen molar-refractivity contribution in [2.75, 3.05) is 13.1 Å². The number of rotatable bonds is 6. The standard InChI is InChI=1S/C24H28N4O4S/c1-16-6-9-19(10-7-16)14-25-24(29)21-5-4-12-28(15-21)33(30,31)22-13-20(11-8-17(22)2)23-26-18(3)32-27-23/h6-11,13,21H,4-5,12,14-15H2,1-3H3,(H,25,29)/t21-/m0/s1. The van der Waals surface area contributed by atoms with E-state index in [0.29, 0.717) is 48.8 Å². The lowest BCUT2D eigenvalue weighted by molar-refractivity contribution is -0.126. The smallest absolute Gasteiger partial charge is 0.243 e. The fourth-order valence-electron chi connectivity index (χ4n) is 3.99. The molecule has 2 heterocycles. The number of piperidine rings is 1. The monoisotopic (exact) mass is 468 g/mol. The Morgan fingerprint density at radius 1 is 1.15 bits per heavy atom. The zero-order valence-electron chi connectivity index (χ0n) is 19.0. The number of carbonyl (C=O) groups is 1. The maximum Gasteiger partial charge on any atom is 0.243 e. The van der Waals surface area contributed by atoms with Crippen LogP contribution in [0.5, 0.6) is 0 Å². The molecule has 0 spiro atoms. The quantitative estimate of drug-likeness (QED) is 0.595. The van der Waals surface area contributed by atoms with Crippen molar-refractivity contribution in [2.45, 2.75) is 45.1 Å². The normalized spacial score (nSPS) is 17.1. The van der Waals surface area contributed by atoms with Crippen LogP contribution in [-0.2, 0) is 21.4 Å². The average molecular weight is 469 g/mol. The highest BCUT2D eigenvalue weighted by Crippen LogP contribution is 2.29. The first-order valence-electron chi connectivity index (χ1n) is 11.0. The molecule has 0 aliphatic carbocycles. The minimum atomic E-state index is -3.79. The number of nitrogens with one attached hydrogen (secondary N) is 1. The minimum Gasteiger partial charge on any atom is -0.352 e. The first-order valence-corrected chi connectivity index (χ1v) is 12.4. The molecule has 0 saturated carbocycles. The van der Waals surface area contributed by atoms with Gasteiger partial charge in [0.05, 0.1) is 10.8 Å². The van der Waals surface area contributed by atoms with Crippen LogP contribution in [0, 0.1) is 26.7 Å². The Morgan fingerprint density at radius 3 is 2.61 bits per heavy atom. The van der Waals surface area contributed by atoms with Crippen LogP contribution in [0.4, 0.5) is 0 Å². The number of carbonyl (C=O) groups excluding carboxylic acids is 1. The van der Waals surface area contributed by atoms with Crippen molar-refractivity contribution in [1.82, 2.24) is 19.8 Å². The molecule has 0 radical (unpaired) electrons. The second kappa shape index (κ2) is 9.44.